The van der Waals surface area contributed by atoms with E-state index in [1.54, 1.807) is 18.2 Å². The van der Waals surface area contributed by atoms with Gasteiger partial charge in [0, 0.05) is 25.4 Å². The Kier molecular flexibility index (Phi) is 6.58. The van der Waals surface area contributed by atoms with Crippen molar-refractivity contribution in [3.05, 3.63) is 78.1 Å². The summed E-state index contributed by atoms with van der Waals surface area (Å²) in [7, 11) is 0. The van der Waals surface area contributed by atoms with Gasteiger partial charge in [-0.2, -0.15) is 0 Å². The van der Waals surface area contributed by atoms with Crippen LogP contribution in [-0.4, -0.2) is 21.8 Å². The topological polar surface area (TPSA) is 46.3 Å². The molecule has 0 saturated heterocycles. The normalized spacial score (nSPS) is 12.0. The first kappa shape index (κ1) is 19.8. The van der Waals surface area contributed by atoms with Crippen LogP contribution in [0.3, 0.4) is 0 Å². The van der Waals surface area contributed by atoms with Crippen molar-refractivity contribution in [3.63, 3.8) is 0 Å². The zero-order valence-corrected chi connectivity index (χ0v) is 16.3. The first-order valence-electron chi connectivity index (χ1n) is 9.61. The summed E-state index contributed by atoms with van der Waals surface area (Å²) >= 11 is 0. The van der Waals surface area contributed by atoms with Gasteiger partial charge in [-0.3, -0.25) is 4.79 Å². The molecule has 3 rings (SSSR count). The number of carbonyl (C=O) groups is 1. The molecule has 0 spiro atoms. The van der Waals surface area contributed by atoms with Crippen LogP contribution in [0.5, 0.6) is 0 Å². The monoisotopic (exact) mass is 380 g/mol. The lowest BCUT2D eigenvalue weighted by Gasteiger charge is -2.28. The van der Waals surface area contributed by atoms with Gasteiger partial charge in [0.2, 0.25) is 5.91 Å². The lowest BCUT2D eigenvalue weighted by Crippen LogP contribution is -2.37. The van der Waals surface area contributed by atoms with Gasteiger partial charge < -0.3 is 9.32 Å². The molecule has 28 heavy (non-hydrogen) atoms. The zero-order valence-electron chi connectivity index (χ0n) is 16.3. The number of amides is 1. The SMILES string of the molecule is CCC(C)N(Cc1ccccc1)C(=O)CCc1ncc(-c2ccccc2F)o1. The lowest BCUT2D eigenvalue weighted by molar-refractivity contribution is -0.134. The largest absolute Gasteiger partial charge is 0.441 e. The Morgan fingerprint density at radius 1 is 1.14 bits per heavy atom. The molecule has 2 aromatic carbocycles. The standard InChI is InChI=1S/C23H25FN2O2/c1-3-17(2)26(16-18-9-5-4-6-10-18)23(27)14-13-22-25-15-21(28-22)19-11-7-8-12-20(19)24/h4-12,15,17H,3,13-14,16H2,1-2H3. The second kappa shape index (κ2) is 9.31. The van der Waals surface area contributed by atoms with E-state index in [0.717, 1.165) is 12.0 Å². The maximum Gasteiger partial charge on any atom is 0.223 e. The molecule has 0 fully saturated rings. The predicted molar refractivity (Wildman–Crippen MR) is 107 cm³/mol. The van der Waals surface area contributed by atoms with Gasteiger partial charge in [-0.1, -0.05) is 49.4 Å². The number of halogens is 1. The fraction of sp³-hybridized carbons (Fsp3) is 0.304. The van der Waals surface area contributed by atoms with Crippen LogP contribution < -0.4 is 0 Å². The maximum absolute atomic E-state index is 13.9. The zero-order chi connectivity index (χ0) is 19.9. The minimum absolute atomic E-state index is 0.0591. The quantitative estimate of drug-likeness (QED) is 0.537. The van der Waals surface area contributed by atoms with Crippen molar-refractivity contribution in [2.45, 2.75) is 45.7 Å². The van der Waals surface area contributed by atoms with Gasteiger partial charge >= 0.3 is 0 Å². The smallest absolute Gasteiger partial charge is 0.223 e. The number of nitrogens with zero attached hydrogens (tertiary/aromatic N) is 2. The summed E-state index contributed by atoms with van der Waals surface area (Å²) in [6.07, 6.45) is 3.08. The number of carbonyl (C=O) groups excluding carboxylic acids is 1. The number of aryl methyl sites for hydroxylation is 1. The number of rotatable bonds is 8. The Bertz CT molecular complexity index is 908. The molecule has 5 heteroatoms. The molecule has 0 saturated carbocycles. The molecule has 1 atom stereocenters. The summed E-state index contributed by atoms with van der Waals surface area (Å²) in [5, 5.41) is 0. The molecule has 4 nitrogen and oxygen atoms in total. The van der Waals surface area contributed by atoms with Gasteiger partial charge in [0.25, 0.3) is 0 Å². The van der Waals surface area contributed by atoms with Crippen molar-refractivity contribution >= 4 is 5.91 Å². The van der Waals surface area contributed by atoms with Gasteiger partial charge in [-0.05, 0) is 31.0 Å². The van der Waals surface area contributed by atoms with E-state index in [4.69, 9.17) is 4.42 Å². The van der Waals surface area contributed by atoms with E-state index in [2.05, 4.69) is 18.8 Å². The fourth-order valence-electron chi connectivity index (χ4n) is 3.06. The second-order valence-corrected chi connectivity index (χ2v) is 6.86. The van der Waals surface area contributed by atoms with Crippen LogP contribution >= 0.6 is 0 Å². The van der Waals surface area contributed by atoms with E-state index < -0.39 is 0 Å². The fourth-order valence-corrected chi connectivity index (χ4v) is 3.06. The molecular weight excluding hydrogens is 355 g/mol. The Hall–Kier alpha value is -2.95. The molecule has 0 N–H and O–H groups in total. The van der Waals surface area contributed by atoms with Crippen molar-refractivity contribution in [1.82, 2.24) is 9.88 Å². The van der Waals surface area contributed by atoms with Crippen LogP contribution in [0.1, 0.15) is 38.1 Å². The van der Waals surface area contributed by atoms with E-state index in [0.29, 0.717) is 36.6 Å². The number of aromatic nitrogens is 1. The minimum Gasteiger partial charge on any atom is -0.441 e. The van der Waals surface area contributed by atoms with Crippen molar-refractivity contribution in [2.24, 2.45) is 0 Å². The highest BCUT2D eigenvalue weighted by atomic mass is 19.1. The van der Waals surface area contributed by atoms with E-state index in [1.165, 1.54) is 12.3 Å². The van der Waals surface area contributed by atoms with Crippen molar-refractivity contribution in [3.8, 4) is 11.3 Å². The third kappa shape index (κ3) is 4.85. The van der Waals surface area contributed by atoms with Crippen LogP contribution in [-0.2, 0) is 17.8 Å². The molecule has 1 amide bonds. The van der Waals surface area contributed by atoms with Gasteiger partial charge in [0.1, 0.15) is 5.82 Å². The van der Waals surface area contributed by atoms with Crippen LogP contribution in [0.15, 0.2) is 65.2 Å². The molecule has 1 aromatic heterocycles. The van der Waals surface area contributed by atoms with E-state index in [-0.39, 0.29) is 17.8 Å². The summed E-state index contributed by atoms with van der Waals surface area (Å²) < 4.78 is 19.6. The van der Waals surface area contributed by atoms with E-state index in [9.17, 15) is 9.18 Å². The van der Waals surface area contributed by atoms with Gasteiger partial charge in [-0.25, -0.2) is 9.37 Å². The Labute approximate surface area is 165 Å². The summed E-state index contributed by atoms with van der Waals surface area (Å²) in [6.45, 7) is 4.72. The van der Waals surface area contributed by atoms with Crippen molar-refractivity contribution in [1.29, 1.82) is 0 Å². The molecule has 0 aliphatic carbocycles. The average Bonchev–Trinajstić information content (AvgIpc) is 3.19. The van der Waals surface area contributed by atoms with E-state index in [1.807, 2.05) is 35.2 Å². The Balaban J connectivity index is 1.65. The summed E-state index contributed by atoms with van der Waals surface area (Å²) in [5.74, 6) is 0.523. The van der Waals surface area contributed by atoms with Crippen molar-refractivity contribution < 1.29 is 13.6 Å². The molecule has 146 valence electrons. The summed E-state index contributed by atoms with van der Waals surface area (Å²) in [5.41, 5.74) is 1.48. The second-order valence-electron chi connectivity index (χ2n) is 6.86. The molecule has 0 bridgehead atoms. The highest BCUT2D eigenvalue weighted by molar-refractivity contribution is 5.76. The molecule has 0 aliphatic heterocycles. The minimum atomic E-state index is -0.355. The predicted octanol–water partition coefficient (Wildman–Crippen LogP) is 5.24. The Morgan fingerprint density at radius 3 is 2.57 bits per heavy atom. The van der Waals surface area contributed by atoms with Crippen LogP contribution in [0, 0.1) is 5.82 Å². The van der Waals surface area contributed by atoms with Gasteiger partial charge in [-0.15, -0.1) is 0 Å². The van der Waals surface area contributed by atoms with Crippen LogP contribution in [0.4, 0.5) is 4.39 Å². The number of oxazole rings is 1. The summed E-state index contributed by atoms with van der Waals surface area (Å²) in [4.78, 5) is 19.0. The number of benzene rings is 2. The van der Waals surface area contributed by atoms with Gasteiger partial charge in [0.15, 0.2) is 11.7 Å². The Morgan fingerprint density at radius 2 is 1.86 bits per heavy atom. The highest BCUT2D eigenvalue weighted by Gasteiger charge is 2.20. The lowest BCUT2D eigenvalue weighted by atomic mass is 10.1. The summed E-state index contributed by atoms with van der Waals surface area (Å²) in [6, 6.07) is 16.5. The van der Waals surface area contributed by atoms with E-state index >= 15 is 0 Å². The molecule has 3 aromatic rings. The molecular formula is C23H25FN2O2. The van der Waals surface area contributed by atoms with Crippen LogP contribution in [0.25, 0.3) is 11.3 Å². The molecule has 0 radical (unpaired) electrons. The third-order valence-corrected chi connectivity index (χ3v) is 4.88. The number of hydrogen-bond acceptors (Lipinski definition) is 3. The third-order valence-electron chi connectivity index (χ3n) is 4.88. The average molecular weight is 380 g/mol. The molecule has 0 aliphatic rings. The number of hydrogen-bond donors (Lipinski definition) is 0. The van der Waals surface area contributed by atoms with Gasteiger partial charge in [0.05, 0.1) is 11.8 Å². The molecule has 1 heterocycles. The maximum atomic E-state index is 13.9. The van der Waals surface area contributed by atoms with Crippen LogP contribution in [0.2, 0.25) is 0 Å². The first-order chi connectivity index (χ1) is 13.6. The van der Waals surface area contributed by atoms with Crippen molar-refractivity contribution in [2.75, 3.05) is 0 Å². The first-order valence-corrected chi connectivity index (χ1v) is 9.61. The molecule has 1 unspecified atom stereocenters. The highest BCUT2D eigenvalue weighted by Crippen LogP contribution is 2.24.